The Morgan fingerprint density at radius 3 is 2.18 bits per heavy atom. The van der Waals surface area contributed by atoms with Crippen LogP contribution < -0.4 is 9.47 Å². The van der Waals surface area contributed by atoms with Crippen molar-refractivity contribution in [3.8, 4) is 11.5 Å². The van der Waals surface area contributed by atoms with Gasteiger partial charge in [-0.05, 0) is 137 Å². The van der Waals surface area contributed by atoms with Gasteiger partial charge in [0.2, 0.25) is 0 Å². The maximum atomic E-state index is 12.8. The first-order valence-electron chi connectivity index (χ1n) is 20.0. The second-order valence-electron chi connectivity index (χ2n) is 17.5. The molecule has 3 unspecified atom stereocenters. The highest BCUT2D eigenvalue weighted by atomic mass is 16.5. The van der Waals surface area contributed by atoms with Crippen molar-refractivity contribution in [3.63, 3.8) is 0 Å². The van der Waals surface area contributed by atoms with Gasteiger partial charge in [-0.15, -0.1) is 0 Å². The van der Waals surface area contributed by atoms with E-state index in [1.165, 1.54) is 87.3 Å². The lowest BCUT2D eigenvalue weighted by molar-refractivity contribution is -0.129. The molecule has 50 heavy (non-hydrogen) atoms. The van der Waals surface area contributed by atoms with Crippen LogP contribution in [0.25, 0.3) is 0 Å². The van der Waals surface area contributed by atoms with Crippen molar-refractivity contribution in [2.75, 3.05) is 0 Å². The number of ether oxygens (including phenoxy) is 2. The van der Waals surface area contributed by atoms with Gasteiger partial charge in [-0.3, -0.25) is 0 Å². The molecule has 2 aliphatic rings. The molecule has 3 atom stereocenters. The minimum absolute atomic E-state index is 0.141. The van der Waals surface area contributed by atoms with Crippen LogP contribution in [0.3, 0.4) is 0 Å². The lowest BCUT2D eigenvalue weighted by atomic mass is 9.72. The van der Waals surface area contributed by atoms with Crippen LogP contribution in [0, 0.1) is 30.1 Å². The number of hydrogen-bond donors (Lipinski definition) is 0. The minimum atomic E-state index is -0.356. The Bertz CT molecular complexity index is 1410. The molecule has 0 aromatic heterocycles. The Balaban J connectivity index is 1.46. The van der Waals surface area contributed by atoms with Gasteiger partial charge in [-0.2, -0.15) is 0 Å². The van der Waals surface area contributed by atoms with Gasteiger partial charge in [-0.25, -0.2) is 4.79 Å². The molecule has 278 valence electrons. The van der Waals surface area contributed by atoms with Gasteiger partial charge in [0.15, 0.2) is 0 Å². The summed E-state index contributed by atoms with van der Waals surface area (Å²) in [6.07, 6.45) is 29.5. The highest BCUT2D eigenvalue weighted by Gasteiger charge is 2.32. The highest BCUT2D eigenvalue weighted by Crippen LogP contribution is 2.42. The first-order valence-corrected chi connectivity index (χ1v) is 20.0. The number of carbonyl (C=O) groups is 1. The first-order chi connectivity index (χ1) is 23.6. The molecule has 0 N–H and O–H groups in total. The van der Waals surface area contributed by atoms with E-state index in [4.69, 9.17) is 9.47 Å². The summed E-state index contributed by atoms with van der Waals surface area (Å²) in [6, 6.07) is 3.94. The molecule has 0 saturated carbocycles. The molecule has 1 aromatic rings. The Morgan fingerprint density at radius 2 is 1.52 bits per heavy atom. The van der Waals surface area contributed by atoms with E-state index >= 15 is 0 Å². The smallest absolute Gasteiger partial charge is 0.336 e. The number of fused-ring (bicyclic) bond motifs is 1. The summed E-state index contributed by atoms with van der Waals surface area (Å²) in [7, 11) is 0. The number of hydrogen-bond acceptors (Lipinski definition) is 3. The van der Waals surface area contributed by atoms with E-state index in [9.17, 15) is 4.79 Å². The van der Waals surface area contributed by atoms with Crippen LogP contribution >= 0.6 is 0 Å². The second kappa shape index (κ2) is 19.7. The molecule has 0 bridgehead atoms. The normalized spacial score (nSPS) is 21.1. The number of allylic oxidation sites excluding steroid dienone is 9. The highest BCUT2D eigenvalue weighted by molar-refractivity contribution is 5.85. The van der Waals surface area contributed by atoms with Crippen molar-refractivity contribution in [1.82, 2.24) is 0 Å². The number of esters is 1. The topological polar surface area (TPSA) is 35.5 Å². The quantitative estimate of drug-likeness (QED) is 0.0668. The predicted octanol–water partition coefficient (Wildman–Crippen LogP) is 14.0. The standard InChI is InChI=1S/C47H72O3/c1-34(2)17-12-18-35(3)19-13-20-36(4)23-15-29-47(11)30-27-41-33-42(32-40(8)45(41)50-47)49-44(48)31-38(6)22-14-21-37(5)25-26-43-39(7)24-16-28-46(43,9)10/h14,21-22,25-26,31-36H,12-13,15-20,23-24,27-30H2,1-11H3/b22-14+,26-25+,37-21+,38-31+. The number of aryl methyl sites for hydroxylation is 2. The summed E-state index contributed by atoms with van der Waals surface area (Å²) in [5.41, 5.74) is 7.27. The monoisotopic (exact) mass is 685 g/mol. The van der Waals surface area contributed by atoms with Crippen molar-refractivity contribution in [2.45, 2.75) is 172 Å². The Labute approximate surface area is 307 Å². The number of benzene rings is 1. The van der Waals surface area contributed by atoms with Crippen LogP contribution in [0.15, 0.2) is 70.9 Å². The Kier molecular flexibility index (Phi) is 16.4. The molecule has 0 spiro atoms. The van der Waals surface area contributed by atoms with Crippen molar-refractivity contribution in [2.24, 2.45) is 23.2 Å². The summed E-state index contributed by atoms with van der Waals surface area (Å²) in [6.45, 7) is 24.9. The lowest BCUT2D eigenvalue weighted by Gasteiger charge is -2.37. The average molecular weight is 685 g/mol. The molecule has 1 aromatic carbocycles. The third kappa shape index (κ3) is 14.1. The fourth-order valence-corrected chi connectivity index (χ4v) is 7.89. The average Bonchev–Trinajstić information content (AvgIpc) is 3.00. The number of rotatable bonds is 18. The van der Waals surface area contributed by atoms with Gasteiger partial charge < -0.3 is 9.47 Å². The second-order valence-corrected chi connectivity index (χ2v) is 17.5. The van der Waals surface area contributed by atoms with Crippen LogP contribution in [0.2, 0.25) is 0 Å². The third-order valence-electron chi connectivity index (χ3n) is 11.2. The predicted molar refractivity (Wildman–Crippen MR) is 215 cm³/mol. The molecule has 1 aliphatic carbocycles. The van der Waals surface area contributed by atoms with Crippen molar-refractivity contribution < 1.29 is 14.3 Å². The Morgan fingerprint density at radius 1 is 0.860 bits per heavy atom. The Hall–Kier alpha value is -2.81. The molecule has 0 radical (unpaired) electrons. The maximum Gasteiger partial charge on any atom is 0.336 e. The van der Waals surface area contributed by atoms with Crippen LogP contribution in [0.4, 0.5) is 0 Å². The first kappa shape index (κ1) is 41.6. The summed E-state index contributed by atoms with van der Waals surface area (Å²) >= 11 is 0. The summed E-state index contributed by atoms with van der Waals surface area (Å²) in [5.74, 6) is 3.67. The molecule has 1 heterocycles. The zero-order valence-corrected chi connectivity index (χ0v) is 34.0. The molecule has 0 amide bonds. The molecule has 3 rings (SSSR count). The third-order valence-corrected chi connectivity index (χ3v) is 11.2. The van der Waals surface area contributed by atoms with E-state index in [1.54, 1.807) is 6.08 Å². The van der Waals surface area contributed by atoms with Crippen molar-refractivity contribution in [3.05, 3.63) is 82.0 Å². The van der Waals surface area contributed by atoms with Crippen molar-refractivity contribution >= 4 is 5.97 Å². The van der Waals surface area contributed by atoms with Crippen LogP contribution in [0.5, 0.6) is 11.5 Å². The van der Waals surface area contributed by atoms with Gasteiger partial charge in [0.1, 0.15) is 17.1 Å². The van der Waals surface area contributed by atoms with E-state index in [0.717, 1.165) is 59.5 Å². The fraction of sp³-hybridized carbons (Fsp3) is 0.638. The fourth-order valence-electron chi connectivity index (χ4n) is 7.89. The number of carbonyl (C=O) groups excluding carboxylic acids is 1. The summed E-state index contributed by atoms with van der Waals surface area (Å²) in [5, 5.41) is 0. The molecule has 3 nitrogen and oxygen atoms in total. The lowest BCUT2D eigenvalue weighted by Crippen LogP contribution is -2.36. The van der Waals surface area contributed by atoms with Gasteiger partial charge in [0, 0.05) is 6.08 Å². The molecule has 1 aliphatic heterocycles. The molecule has 0 fully saturated rings. The van der Waals surface area contributed by atoms with E-state index in [2.05, 4.69) is 87.5 Å². The molecule has 3 heteroatoms. The van der Waals surface area contributed by atoms with Gasteiger partial charge in [0.05, 0.1) is 0 Å². The molecular weight excluding hydrogens is 613 g/mol. The van der Waals surface area contributed by atoms with Crippen LogP contribution in [-0.4, -0.2) is 11.6 Å². The van der Waals surface area contributed by atoms with Crippen molar-refractivity contribution in [1.29, 1.82) is 0 Å². The van der Waals surface area contributed by atoms with E-state index in [-0.39, 0.29) is 17.0 Å². The van der Waals surface area contributed by atoms with E-state index in [1.807, 2.05) is 31.2 Å². The summed E-state index contributed by atoms with van der Waals surface area (Å²) < 4.78 is 12.5. The van der Waals surface area contributed by atoms with E-state index < -0.39 is 0 Å². The van der Waals surface area contributed by atoms with Crippen LogP contribution in [-0.2, 0) is 11.2 Å². The summed E-state index contributed by atoms with van der Waals surface area (Å²) in [4.78, 5) is 12.8. The van der Waals surface area contributed by atoms with Gasteiger partial charge in [0.25, 0.3) is 0 Å². The van der Waals surface area contributed by atoms with Crippen LogP contribution in [0.1, 0.15) is 164 Å². The maximum absolute atomic E-state index is 12.8. The molecule has 0 saturated heterocycles. The van der Waals surface area contributed by atoms with Gasteiger partial charge in [-0.1, -0.05) is 128 Å². The molecular formula is C47H72O3. The van der Waals surface area contributed by atoms with E-state index in [0.29, 0.717) is 5.75 Å². The largest absolute Gasteiger partial charge is 0.487 e. The zero-order valence-electron chi connectivity index (χ0n) is 34.0. The van der Waals surface area contributed by atoms with Gasteiger partial charge >= 0.3 is 5.97 Å². The zero-order chi connectivity index (χ0) is 36.9. The minimum Gasteiger partial charge on any atom is -0.487 e. The SMILES string of the molecule is CC1=C(/C=C/C(C)=C/C=C/C(C)=C/C(=O)Oc2cc(C)c3c(c2)CCC(C)(CCCC(C)CCCC(C)CCCC(C)C)O3)C(C)(C)CCC1.